The van der Waals surface area contributed by atoms with Crippen LogP contribution in [-0.2, 0) is 14.2 Å². The third-order valence-electron chi connectivity index (χ3n) is 2.66. The van der Waals surface area contributed by atoms with Crippen LogP contribution in [0.25, 0.3) is 0 Å². The zero-order valence-corrected chi connectivity index (χ0v) is 8.99. The van der Waals surface area contributed by atoms with E-state index < -0.39 is 6.10 Å². The summed E-state index contributed by atoms with van der Waals surface area (Å²) in [5, 5.41) is 9.36. The molecule has 0 saturated carbocycles. The van der Waals surface area contributed by atoms with Crippen molar-refractivity contribution in [3.05, 3.63) is 0 Å². The Kier molecular flexibility index (Phi) is 4.81. The minimum atomic E-state index is -0.494. The third kappa shape index (κ3) is 3.20. The minimum absolute atomic E-state index is 0.270. The molecule has 0 spiro atoms. The maximum atomic E-state index is 9.36. The van der Waals surface area contributed by atoms with Crippen LogP contribution in [0.4, 0.5) is 0 Å². The molecule has 0 aromatic rings. The second-order valence-electron chi connectivity index (χ2n) is 3.76. The van der Waals surface area contributed by atoms with Crippen molar-refractivity contribution in [3.63, 3.8) is 0 Å². The Bertz CT molecular complexity index is 158. The SMILES string of the molecule is CCC1(CCOC)COCC(O)CO1. The number of methoxy groups -OCH3 is 1. The standard InChI is InChI=1S/C10H20O4/c1-3-10(4-5-12-2)8-13-6-9(11)7-14-10/h9,11H,3-8H2,1-2H3. The van der Waals surface area contributed by atoms with Gasteiger partial charge in [0, 0.05) is 20.1 Å². The van der Waals surface area contributed by atoms with E-state index in [-0.39, 0.29) is 5.60 Å². The van der Waals surface area contributed by atoms with Crippen molar-refractivity contribution in [1.29, 1.82) is 0 Å². The molecule has 1 rings (SSSR count). The highest BCUT2D eigenvalue weighted by Gasteiger charge is 2.32. The molecule has 0 aliphatic carbocycles. The largest absolute Gasteiger partial charge is 0.388 e. The first-order valence-corrected chi connectivity index (χ1v) is 5.11. The number of hydrogen-bond acceptors (Lipinski definition) is 4. The normalized spacial score (nSPS) is 34.1. The van der Waals surface area contributed by atoms with E-state index >= 15 is 0 Å². The number of rotatable bonds is 4. The minimum Gasteiger partial charge on any atom is -0.388 e. The third-order valence-corrected chi connectivity index (χ3v) is 2.66. The molecule has 2 atom stereocenters. The highest BCUT2D eigenvalue weighted by atomic mass is 16.6. The van der Waals surface area contributed by atoms with E-state index in [9.17, 15) is 5.11 Å². The van der Waals surface area contributed by atoms with Gasteiger partial charge in [0.05, 0.1) is 25.4 Å². The van der Waals surface area contributed by atoms with Gasteiger partial charge in [0.2, 0.25) is 0 Å². The molecule has 1 saturated heterocycles. The van der Waals surface area contributed by atoms with Crippen LogP contribution in [0, 0.1) is 0 Å². The highest BCUT2D eigenvalue weighted by Crippen LogP contribution is 2.23. The van der Waals surface area contributed by atoms with Crippen LogP contribution in [0.3, 0.4) is 0 Å². The summed E-state index contributed by atoms with van der Waals surface area (Å²) >= 11 is 0. The van der Waals surface area contributed by atoms with Crippen LogP contribution in [0.2, 0.25) is 0 Å². The molecule has 2 unspecified atom stereocenters. The predicted octanol–water partition coefficient (Wildman–Crippen LogP) is 0.579. The Balaban J connectivity index is 2.49. The molecular weight excluding hydrogens is 184 g/mol. The molecule has 84 valence electrons. The Hall–Kier alpha value is -0.160. The lowest BCUT2D eigenvalue weighted by atomic mass is 9.98. The molecule has 0 radical (unpaired) electrons. The molecule has 0 aromatic carbocycles. The molecule has 1 aliphatic heterocycles. The van der Waals surface area contributed by atoms with Crippen molar-refractivity contribution in [2.24, 2.45) is 0 Å². The molecule has 1 N–H and O–H groups in total. The van der Waals surface area contributed by atoms with Crippen molar-refractivity contribution in [2.45, 2.75) is 31.5 Å². The van der Waals surface area contributed by atoms with Gasteiger partial charge in [-0.15, -0.1) is 0 Å². The molecule has 1 heterocycles. The molecule has 4 nitrogen and oxygen atoms in total. The number of aliphatic hydroxyl groups is 1. The second kappa shape index (κ2) is 5.66. The molecule has 0 amide bonds. The van der Waals surface area contributed by atoms with Crippen LogP contribution < -0.4 is 0 Å². The van der Waals surface area contributed by atoms with Crippen molar-refractivity contribution in [3.8, 4) is 0 Å². The molecule has 4 heteroatoms. The molecule has 14 heavy (non-hydrogen) atoms. The molecular formula is C10H20O4. The average Bonchev–Trinajstić information content (AvgIpc) is 2.39. The van der Waals surface area contributed by atoms with Crippen LogP contribution in [0.15, 0.2) is 0 Å². The monoisotopic (exact) mass is 204 g/mol. The van der Waals surface area contributed by atoms with E-state index in [0.717, 1.165) is 12.8 Å². The van der Waals surface area contributed by atoms with Gasteiger partial charge < -0.3 is 19.3 Å². The summed E-state index contributed by atoms with van der Waals surface area (Å²) in [5.74, 6) is 0. The molecule has 0 aromatic heterocycles. The van der Waals surface area contributed by atoms with Gasteiger partial charge in [0.15, 0.2) is 0 Å². The summed E-state index contributed by atoms with van der Waals surface area (Å²) in [7, 11) is 1.68. The smallest absolute Gasteiger partial charge is 0.101 e. The zero-order valence-electron chi connectivity index (χ0n) is 8.99. The Morgan fingerprint density at radius 2 is 2.29 bits per heavy atom. The van der Waals surface area contributed by atoms with Crippen LogP contribution in [-0.4, -0.2) is 50.3 Å². The van der Waals surface area contributed by atoms with Gasteiger partial charge in [-0.1, -0.05) is 6.92 Å². The highest BCUT2D eigenvalue weighted by molar-refractivity contribution is 4.81. The van der Waals surface area contributed by atoms with Crippen LogP contribution in [0.1, 0.15) is 19.8 Å². The van der Waals surface area contributed by atoms with E-state index in [1.165, 1.54) is 0 Å². The maximum Gasteiger partial charge on any atom is 0.101 e. The molecule has 1 aliphatic rings. The van der Waals surface area contributed by atoms with Crippen molar-refractivity contribution in [1.82, 2.24) is 0 Å². The predicted molar refractivity (Wildman–Crippen MR) is 52.3 cm³/mol. The van der Waals surface area contributed by atoms with Crippen LogP contribution >= 0.6 is 0 Å². The van der Waals surface area contributed by atoms with E-state index in [1.54, 1.807) is 7.11 Å². The lowest BCUT2D eigenvalue weighted by molar-refractivity contribution is -0.0913. The fraction of sp³-hybridized carbons (Fsp3) is 1.00. The summed E-state index contributed by atoms with van der Waals surface area (Å²) < 4.78 is 16.1. The average molecular weight is 204 g/mol. The fourth-order valence-electron chi connectivity index (χ4n) is 1.56. The van der Waals surface area contributed by atoms with E-state index in [4.69, 9.17) is 14.2 Å². The van der Waals surface area contributed by atoms with E-state index in [2.05, 4.69) is 6.92 Å². The Labute approximate surface area is 85.2 Å². The lowest BCUT2D eigenvalue weighted by Gasteiger charge is -2.30. The molecule has 1 fully saturated rings. The van der Waals surface area contributed by atoms with Gasteiger partial charge in [-0.2, -0.15) is 0 Å². The van der Waals surface area contributed by atoms with Gasteiger partial charge in [-0.25, -0.2) is 0 Å². The Morgan fingerprint density at radius 1 is 1.50 bits per heavy atom. The Morgan fingerprint density at radius 3 is 2.93 bits per heavy atom. The maximum absolute atomic E-state index is 9.36. The van der Waals surface area contributed by atoms with Gasteiger partial charge in [-0.3, -0.25) is 0 Å². The number of aliphatic hydroxyl groups excluding tert-OH is 1. The van der Waals surface area contributed by atoms with Gasteiger partial charge in [0.25, 0.3) is 0 Å². The molecule has 0 bridgehead atoms. The van der Waals surface area contributed by atoms with E-state index in [1.807, 2.05) is 0 Å². The number of ether oxygens (including phenoxy) is 3. The quantitative estimate of drug-likeness (QED) is 0.727. The number of hydrogen-bond donors (Lipinski definition) is 1. The summed E-state index contributed by atoms with van der Waals surface area (Å²) in [5.41, 5.74) is -0.270. The lowest BCUT2D eigenvalue weighted by Crippen LogP contribution is -2.37. The van der Waals surface area contributed by atoms with Crippen molar-refractivity contribution >= 4 is 0 Å². The summed E-state index contributed by atoms with van der Waals surface area (Å²) in [6.45, 7) is 4.00. The topological polar surface area (TPSA) is 47.9 Å². The van der Waals surface area contributed by atoms with Gasteiger partial charge in [-0.05, 0) is 6.42 Å². The fourth-order valence-corrected chi connectivity index (χ4v) is 1.56. The first kappa shape index (κ1) is 11.9. The van der Waals surface area contributed by atoms with Gasteiger partial charge in [0.1, 0.15) is 6.10 Å². The first-order chi connectivity index (χ1) is 6.72. The van der Waals surface area contributed by atoms with Gasteiger partial charge >= 0.3 is 0 Å². The summed E-state index contributed by atoms with van der Waals surface area (Å²) in [4.78, 5) is 0. The zero-order chi connectivity index (χ0) is 10.4. The van der Waals surface area contributed by atoms with Crippen molar-refractivity contribution in [2.75, 3.05) is 33.5 Å². The van der Waals surface area contributed by atoms with E-state index in [0.29, 0.717) is 26.4 Å². The first-order valence-electron chi connectivity index (χ1n) is 5.11. The second-order valence-corrected chi connectivity index (χ2v) is 3.76. The summed E-state index contributed by atoms with van der Waals surface area (Å²) in [6, 6.07) is 0. The van der Waals surface area contributed by atoms with Crippen molar-refractivity contribution < 1.29 is 19.3 Å². The van der Waals surface area contributed by atoms with Crippen LogP contribution in [0.5, 0.6) is 0 Å². The summed E-state index contributed by atoms with van der Waals surface area (Å²) in [6.07, 6.45) is 1.20.